The summed E-state index contributed by atoms with van der Waals surface area (Å²) >= 11 is 0. The molecule has 7 nitrogen and oxygen atoms in total. The molecule has 0 radical (unpaired) electrons. The molecule has 7 heteroatoms. The predicted octanol–water partition coefficient (Wildman–Crippen LogP) is 0.325. The molecule has 1 aliphatic rings. The molecule has 0 aliphatic carbocycles. The van der Waals surface area contributed by atoms with Gasteiger partial charge in [0.1, 0.15) is 5.71 Å². The molecule has 21 heavy (non-hydrogen) atoms. The van der Waals surface area contributed by atoms with E-state index in [0.717, 1.165) is 11.3 Å². The Bertz CT molecular complexity index is 604. The molecule has 1 aromatic rings. The molecular weight excluding hydrogens is 270 g/mol. The van der Waals surface area contributed by atoms with Crippen molar-refractivity contribution in [1.82, 2.24) is 10.9 Å². The Balaban J connectivity index is 1.93. The molecule has 1 aromatic carbocycles. The highest BCUT2D eigenvalue weighted by molar-refractivity contribution is 6.44. The van der Waals surface area contributed by atoms with Gasteiger partial charge >= 0.3 is 0 Å². The van der Waals surface area contributed by atoms with Crippen LogP contribution in [0.5, 0.6) is 0 Å². The first-order valence-electron chi connectivity index (χ1n) is 6.47. The van der Waals surface area contributed by atoms with Crippen LogP contribution in [-0.4, -0.2) is 37.8 Å². The Labute approximate surface area is 122 Å². The van der Waals surface area contributed by atoms with Crippen molar-refractivity contribution in [2.75, 3.05) is 19.0 Å². The molecule has 0 spiro atoms. The summed E-state index contributed by atoms with van der Waals surface area (Å²) in [6.07, 6.45) is 1.53. The van der Waals surface area contributed by atoms with Crippen LogP contribution in [0.1, 0.15) is 12.5 Å². The highest BCUT2D eigenvalue weighted by Crippen LogP contribution is 2.11. The van der Waals surface area contributed by atoms with Gasteiger partial charge in [-0.25, -0.2) is 10.9 Å². The number of anilines is 1. The van der Waals surface area contributed by atoms with Gasteiger partial charge in [-0.2, -0.15) is 10.2 Å². The maximum absolute atomic E-state index is 11.8. The molecular formula is C14H17N5O2. The minimum Gasteiger partial charge on any atom is -0.378 e. The fraction of sp³-hybridized carbons (Fsp3) is 0.286. The fourth-order valence-electron chi connectivity index (χ4n) is 1.76. The summed E-state index contributed by atoms with van der Waals surface area (Å²) in [6.45, 7) is 1.62. The Kier molecular flexibility index (Phi) is 4.32. The fourth-order valence-corrected chi connectivity index (χ4v) is 1.76. The lowest BCUT2D eigenvalue weighted by Crippen LogP contribution is -2.32. The molecule has 1 unspecified atom stereocenters. The standard InChI is InChI=1S/C14H17N5O2/c1-9-12(16-18-13(9)20)14(21)17-15-8-10-4-6-11(7-5-10)19(2)3/h4-9H,1-3H3,(H,17,21)(H,18,20)/b15-8-. The minimum atomic E-state index is -0.556. The summed E-state index contributed by atoms with van der Waals surface area (Å²) < 4.78 is 0. The molecule has 1 atom stereocenters. The summed E-state index contributed by atoms with van der Waals surface area (Å²) in [5.74, 6) is -1.33. The van der Waals surface area contributed by atoms with Gasteiger partial charge < -0.3 is 4.90 Å². The molecule has 110 valence electrons. The SMILES string of the molecule is CC1C(=O)NN=C1C(=O)N/N=C\c1ccc(N(C)C)cc1. The second-order valence-electron chi connectivity index (χ2n) is 4.88. The topological polar surface area (TPSA) is 86.2 Å². The van der Waals surface area contributed by atoms with Gasteiger partial charge in [-0.15, -0.1) is 0 Å². The predicted molar refractivity (Wildman–Crippen MR) is 81.2 cm³/mol. The van der Waals surface area contributed by atoms with Crippen LogP contribution in [0.15, 0.2) is 34.5 Å². The second kappa shape index (κ2) is 6.17. The van der Waals surface area contributed by atoms with Crippen molar-refractivity contribution < 1.29 is 9.59 Å². The number of carbonyl (C=O) groups excluding carboxylic acids is 2. The van der Waals surface area contributed by atoms with Crippen molar-refractivity contribution in [2.45, 2.75) is 6.92 Å². The van der Waals surface area contributed by atoms with E-state index in [1.807, 2.05) is 43.3 Å². The number of hydrogen-bond acceptors (Lipinski definition) is 5. The van der Waals surface area contributed by atoms with Crippen molar-refractivity contribution in [3.05, 3.63) is 29.8 Å². The summed E-state index contributed by atoms with van der Waals surface area (Å²) in [5.41, 5.74) is 6.69. The van der Waals surface area contributed by atoms with Crippen LogP contribution < -0.4 is 15.8 Å². The second-order valence-corrected chi connectivity index (χ2v) is 4.88. The molecule has 2 rings (SSSR count). The quantitative estimate of drug-likeness (QED) is 0.618. The van der Waals surface area contributed by atoms with Gasteiger partial charge in [0.2, 0.25) is 5.91 Å². The van der Waals surface area contributed by atoms with Crippen LogP contribution in [-0.2, 0) is 9.59 Å². The van der Waals surface area contributed by atoms with E-state index in [4.69, 9.17) is 0 Å². The van der Waals surface area contributed by atoms with E-state index in [1.165, 1.54) is 6.21 Å². The van der Waals surface area contributed by atoms with Crippen molar-refractivity contribution in [2.24, 2.45) is 16.1 Å². The van der Waals surface area contributed by atoms with Crippen LogP contribution in [0.3, 0.4) is 0 Å². The van der Waals surface area contributed by atoms with Gasteiger partial charge in [0, 0.05) is 19.8 Å². The van der Waals surface area contributed by atoms with Crippen LogP contribution in [0.4, 0.5) is 5.69 Å². The van der Waals surface area contributed by atoms with Crippen LogP contribution in [0.25, 0.3) is 0 Å². The van der Waals surface area contributed by atoms with Gasteiger partial charge in [0.15, 0.2) is 0 Å². The molecule has 1 aliphatic heterocycles. The van der Waals surface area contributed by atoms with E-state index in [-0.39, 0.29) is 11.6 Å². The molecule has 2 N–H and O–H groups in total. The Morgan fingerprint density at radius 1 is 1.38 bits per heavy atom. The minimum absolute atomic E-state index is 0.139. The van der Waals surface area contributed by atoms with Crippen LogP contribution in [0.2, 0.25) is 0 Å². The normalized spacial score (nSPS) is 17.6. The number of hydrogen-bond donors (Lipinski definition) is 2. The van der Waals surface area contributed by atoms with Gasteiger partial charge in [0.25, 0.3) is 5.91 Å². The lowest BCUT2D eigenvalue weighted by atomic mass is 10.1. The highest BCUT2D eigenvalue weighted by Gasteiger charge is 2.30. The van der Waals surface area contributed by atoms with Crippen molar-refractivity contribution in [3.8, 4) is 0 Å². The van der Waals surface area contributed by atoms with E-state index < -0.39 is 11.8 Å². The first-order chi connectivity index (χ1) is 9.99. The summed E-state index contributed by atoms with van der Waals surface area (Å²) in [7, 11) is 3.92. The smallest absolute Gasteiger partial charge is 0.288 e. The lowest BCUT2D eigenvalue weighted by molar-refractivity contribution is -0.122. The molecule has 2 amide bonds. The number of hydrazone groups is 2. The third-order valence-corrected chi connectivity index (χ3v) is 3.11. The van der Waals surface area contributed by atoms with E-state index in [2.05, 4.69) is 21.1 Å². The first-order valence-corrected chi connectivity index (χ1v) is 6.47. The number of rotatable bonds is 4. The molecule has 0 aromatic heterocycles. The first kappa shape index (κ1) is 14.7. The number of nitrogens with one attached hydrogen (secondary N) is 2. The monoisotopic (exact) mass is 287 g/mol. The Hall–Kier alpha value is -2.70. The number of nitrogens with zero attached hydrogens (tertiary/aromatic N) is 3. The summed E-state index contributed by atoms with van der Waals surface area (Å²) in [6, 6.07) is 7.70. The molecule has 0 fully saturated rings. The number of amides is 2. The largest absolute Gasteiger partial charge is 0.378 e. The maximum Gasteiger partial charge on any atom is 0.288 e. The molecule has 1 heterocycles. The molecule has 0 bridgehead atoms. The van der Waals surface area contributed by atoms with Gasteiger partial charge in [0.05, 0.1) is 12.1 Å². The zero-order valence-electron chi connectivity index (χ0n) is 12.1. The summed E-state index contributed by atoms with van der Waals surface area (Å²) in [5, 5.41) is 7.54. The number of carbonyl (C=O) groups is 2. The third kappa shape index (κ3) is 3.44. The van der Waals surface area contributed by atoms with Crippen molar-refractivity contribution in [1.29, 1.82) is 0 Å². The van der Waals surface area contributed by atoms with E-state index in [9.17, 15) is 9.59 Å². The molecule has 0 saturated heterocycles. The third-order valence-electron chi connectivity index (χ3n) is 3.11. The van der Waals surface area contributed by atoms with Crippen molar-refractivity contribution >= 4 is 29.4 Å². The van der Waals surface area contributed by atoms with E-state index in [0.29, 0.717) is 0 Å². The van der Waals surface area contributed by atoms with Crippen LogP contribution >= 0.6 is 0 Å². The highest BCUT2D eigenvalue weighted by atomic mass is 16.2. The van der Waals surface area contributed by atoms with Gasteiger partial charge in [-0.1, -0.05) is 12.1 Å². The molecule has 0 saturated carbocycles. The lowest BCUT2D eigenvalue weighted by Gasteiger charge is -2.11. The maximum atomic E-state index is 11.8. The van der Waals surface area contributed by atoms with E-state index >= 15 is 0 Å². The Morgan fingerprint density at radius 3 is 2.57 bits per heavy atom. The van der Waals surface area contributed by atoms with Gasteiger partial charge in [-0.3, -0.25) is 9.59 Å². The summed E-state index contributed by atoms with van der Waals surface area (Å²) in [4.78, 5) is 25.0. The van der Waals surface area contributed by atoms with E-state index in [1.54, 1.807) is 6.92 Å². The zero-order chi connectivity index (χ0) is 15.4. The zero-order valence-corrected chi connectivity index (χ0v) is 12.1. The Morgan fingerprint density at radius 2 is 2.05 bits per heavy atom. The average molecular weight is 287 g/mol. The number of benzene rings is 1. The van der Waals surface area contributed by atoms with Gasteiger partial charge in [-0.05, 0) is 24.6 Å². The van der Waals surface area contributed by atoms with Crippen molar-refractivity contribution in [3.63, 3.8) is 0 Å². The van der Waals surface area contributed by atoms with Crippen LogP contribution in [0, 0.1) is 5.92 Å². The average Bonchev–Trinajstić information content (AvgIpc) is 2.79.